The van der Waals surface area contributed by atoms with Crippen molar-refractivity contribution in [1.82, 2.24) is 4.90 Å². The van der Waals surface area contributed by atoms with Gasteiger partial charge in [0.2, 0.25) is 0 Å². The monoisotopic (exact) mass is 413 g/mol. The minimum atomic E-state index is -6.27. The second-order valence-corrected chi connectivity index (χ2v) is 5.61. The summed E-state index contributed by atoms with van der Waals surface area (Å²) in [5.41, 5.74) is -4.74. The molecule has 154 valence electrons. The number of hydrogen-bond donors (Lipinski definition) is 0. The molecule has 26 heavy (non-hydrogen) atoms. The highest BCUT2D eigenvalue weighted by Gasteiger charge is 2.76. The van der Waals surface area contributed by atoms with E-state index in [1.807, 2.05) is 0 Å². The van der Waals surface area contributed by atoms with Gasteiger partial charge in [0.1, 0.15) is 0 Å². The van der Waals surface area contributed by atoms with E-state index >= 15 is 0 Å². The lowest BCUT2D eigenvalue weighted by Gasteiger charge is -2.40. The Bertz CT molecular complexity index is 571. The average Bonchev–Trinajstić information content (AvgIpc) is 2.36. The zero-order valence-electron chi connectivity index (χ0n) is 12.9. The maximum absolute atomic E-state index is 13.9. The summed E-state index contributed by atoms with van der Waals surface area (Å²) < 4.78 is 164. The molecule has 0 aromatic heterocycles. The molecule has 14 heteroatoms. The lowest BCUT2D eigenvalue weighted by Crippen LogP contribution is -2.65. The van der Waals surface area contributed by atoms with Gasteiger partial charge in [-0.15, -0.1) is 0 Å². The normalized spacial score (nSPS) is 30.2. The number of alkyl halides is 11. The van der Waals surface area contributed by atoms with Gasteiger partial charge in [-0.25, -0.2) is 13.5 Å². The molecule has 1 unspecified atom stereocenters. The van der Waals surface area contributed by atoms with Gasteiger partial charge in [-0.3, -0.25) is 0 Å². The predicted molar refractivity (Wildman–Crippen MR) is 61.3 cm³/mol. The maximum Gasteiger partial charge on any atom is 0.438 e. The van der Waals surface area contributed by atoms with Crippen molar-refractivity contribution >= 4 is 0 Å². The van der Waals surface area contributed by atoms with Gasteiger partial charge in [-0.1, -0.05) is 11.8 Å². The van der Waals surface area contributed by atoms with Gasteiger partial charge < -0.3 is 0 Å². The molecule has 1 heterocycles. The van der Waals surface area contributed by atoms with Crippen molar-refractivity contribution < 1.29 is 57.4 Å². The first kappa shape index (κ1) is 22.9. The Morgan fingerprint density at radius 2 is 1.50 bits per heavy atom. The smallest absolute Gasteiger partial charge is 0.241 e. The van der Waals surface area contributed by atoms with Gasteiger partial charge in [-0.05, 0) is 6.92 Å². The Labute approximate surface area is 138 Å². The van der Waals surface area contributed by atoms with Gasteiger partial charge in [0, 0.05) is 12.5 Å². The summed E-state index contributed by atoms with van der Waals surface area (Å²) in [6, 6.07) is -12.1. The van der Waals surface area contributed by atoms with Crippen LogP contribution in [-0.4, -0.2) is 40.9 Å². The van der Waals surface area contributed by atoms with Crippen LogP contribution in [0.15, 0.2) is 11.9 Å². The number of allylic oxidation sites excluding steroid dienone is 1. The van der Waals surface area contributed by atoms with Crippen LogP contribution in [0, 0.1) is 0 Å². The van der Waals surface area contributed by atoms with Crippen molar-refractivity contribution in [1.29, 1.82) is 0 Å². The Hall–Kier alpha value is -1.18. The van der Waals surface area contributed by atoms with E-state index in [1.54, 1.807) is 0 Å². The van der Waals surface area contributed by atoms with Gasteiger partial charge in [0.25, 0.3) is 5.92 Å². The molecule has 0 aromatic rings. The van der Waals surface area contributed by atoms with Crippen molar-refractivity contribution in [2.45, 2.75) is 62.7 Å². The van der Waals surface area contributed by atoms with Gasteiger partial charge in [0.05, 0.1) is 6.42 Å². The molecule has 0 N–H and O–H groups in total. The first-order valence-electron chi connectivity index (χ1n) is 6.69. The Morgan fingerprint density at radius 1 is 1.04 bits per heavy atom. The van der Waals surface area contributed by atoms with Crippen molar-refractivity contribution in [2.75, 3.05) is 0 Å². The number of ether oxygens (including phenoxy) is 1. The topological polar surface area (TPSA) is 12.5 Å². The standard InChI is InChI=1S/C12H11F12NO/c1-3-8(15,16)6(13)4-9(17,18)25-11(21,22)7(2,14)5-10(19,20)26-12(25,23)24/h4H,3,5H2,1-2H3/b6-4-. The maximum atomic E-state index is 13.9. The highest BCUT2D eigenvalue weighted by atomic mass is 19.3. The Balaban J connectivity index is 3.61. The van der Waals surface area contributed by atoms with E-state index in [0.717, 1.165) is 0 Å². The highest BCUT2D eigenvalue weighted by Crippen LogP contribution is 2.55. The number of rotatable bonds is 4. The fourth-order valence-electron chi connectivity index (χ4n) is 2.00. The fourth-order valence-corrected chi connectivity index (χ4v) is 2.00. The minimum Gasteiger partial charge on any atom is -0.241 e. The molecule has 0 saturated carbocycles. The van der Waals surface area contributed by atoms with Gasteiger partial charge >= 0.3 is 24.4 Å². The Kier molecular flexibility index (Phi) is 5.43. The molecule has 0 aromatic carbocycles. The summed E-state index contributed by atoms with van der Waals surface area (Å²) in [4.78, 5) is -2.81. The molecule has 0 bridgehead atoms. The van der Waals surface area contributed by atoms with Crippen LogP contribution in [0.25, 0.3) is 0 Å². The zero-order valence-corrected chi connectivity index (χ0v) is 12.9. The summed E-state index contributed by atoms with van der Waals surface area (Å²) in [5, 5.41) is 0. The third-order valence-electron chi connectivity index (χ3n) is 3.37. The second-order valence-electron chi connectivity index (χ2n) is 5.61. The summed E-state index contributed by atoms with van der Waals surface area (Å²) >= 11 is 0. The first-order valence-corrected chi connectivity index (χ1v) is 6.69. The summed E-state index contributed by atoms with van der Waals surface area (Å²) in [7, 11) is 0. The van der Waals surface area contributed by atoms with E-state index in [1.165, 1.54) is 0 Å². The molecule has 0 radical (unpaired) electrons. The number of hydrogen-bond acceptors (Lipinski definition) is 2. The molecule has 2 nitrogen and oxygen atoms in total. The van der Waals surface area contributed by atoms with Crippen molar-refractivity contribution in [2.24, 2.45) is 0 Å². The van der Waals surface area contributed by atoms with Crippen LogP contribution in [0.1, 0.15) is 26.7 Å². The molecular formula is C12H11F12NO. The highest BCUT2D eigenvalue weighted by molar-refractivity contribution is 5.11. The van der Waals surface area contributed by atoms with Crippen LogP contribution >= 0.6 is 0 Å². The van der Waals surface area contributed by atoms with Crippen LogP contribution in [-0.2, 0) is 4.74 Å². The summed E-state index contributed by atoms with van der Waals surface area (Å²) in [5.74, 6) is -7.77. The van der Waals surface area contributed by atoms with E-state index in [4.69, 9.17) is 0 Å². The zero-order chi connectivity index (χ0) is 21.0. The van der Waals surface area contributed by atoms with Crippen LogP contribution in [0.2, 0.25) is 0 Å². The summed E-state index contributed by atoms with van der Waals surface area (Å²) in [6.07, 6.45) is -17.5. The molecule has 1 fully saturated rings. The molecular weight excluding hydrogens is 402 g/mol. The molecule has 1 rings (SSSR count). The molecule has 0 aliphatic carbocycles. The number of halogens is 12. The fraction of sp³-hybridized carbons (Fsp3) is 0.833. The molecule has 1 aliphatic rings. The number of nitrogens with zero attached hydrogens (tertiary/aromatic N) is 1. The summed E-state index contributed by atoms with van der Waals surface area (Å²) in [6.45, 7) is 0.179. The largest absolute Gasteiger partial charge is 0.438 e. The minimum absolute atomic E-state index is 0.407. The molecule has 0 spiro atoms. The average molecular weight is 413 g/mol. The van der Waals surface area contributed by atoms with Crippen molar-refractivity contribution in [3.63, 3.8) is 0 Å². The van der Waals surface area contributed by atoms with E-state index in [2.05, 4.69) is 4.74 Å². The van der Waals surface area contributed by atoms with Crippen molar-refractivity contribution in [3.8, 4) is 0 Å². The molecule has 1 atom stereocenters. The van der Waals surface area contributed by atoms with E-state index in [-0.39, 0.29) is 0 Å². The van der Waals surface area contributed by atoms with E-state index in [9.17, 15) is 52.7 Å². The quantitative estimate of drug-likeness (QED) is 0.436. The second kappa shape index (κ2) is 6.17. The van der Waals surface area contributed by atoms with E-state index in [0.29, 0.717) is 6.92 Å². The molecule has 1 aliphatic heterocycles. The van der Waals surface area contributed by atoms with Crippen LogP contribution in [0.3, 0.4) is 0 Å². The molecule has 1 saturated heterocycles. The Morgan fingerprint density at radius 3 is 1.92 bits per heavy atom. The van der Waals surface area contributed by atoms with Crippen LogP contribution in [0.5, 0.6) is 0 Å². The van der Waals surface area contributed by atoms with Crippen LogP contribution in [0.4, 0.5) is 52.7 Å². The SMILES string of the molecule is CCC(F)(F)/C(F)=C/C(F)(F)N1C(F)(F)OC(F)(F)CC(C)(F)C1(F)F. The third-order valence-corrected chi connectivity index (χ3v) is 3.37. The van der Waals surface area contributed by atoms with Crippen molar-refractivity contribution in [3.05, 3.63) is 11.9 Å². The van der Waals surface area contributed by atoms with Gasteiger partial charge in [0.15, 0.2) is 11.5 Å². The van der Waals surface area contributed by atoms with E-state index < -0.39 is 72.6 Å². The molecule has 0 amide bonds. The lowest BCUT2D eigenvalue weighted by molar-refractivity contribution is -0.471. The predicted octanol–water partition coefficient (Wildman–Crippen LogP) is 5.66. The van der Waals surface area contributed by atoms with Gasteiger partial charge in [-0.2, -0.15) is 43.9 Å². The van der Waals surface area contributed by atoms with Crippen LogP contribution < -0.4 is 0 Å². The third kappa shape index (κ3) is 4.05. The first-order chi connectivity index (χ1) is 11.2. The lowest BCUT2D eigenvalue weighted by atomic mass is 10.00.